The van der Waals surface area contributed by atoms with E-state index in [1.165, 1.54) is 0 Å². The maximum absolute atomic E-state index is 12.4. The summed E-state index contributed by atoms with van der Waals surface area (Å²) in [5.74, 6) is -0.879. The van der Waals surface area contributed by atoms with Crippen molar-refractivity contribution in [3.63, 3.8) is 0 Å². The maximum atomic E-state index is 12.4. The van der Waals surface area contributed by atoms with Crippen LogP contribution < -0.4 is 0 Å². The molecule has 0 heterocycles. The van der Waals surface area contributed by atoms with Crippen LogP contribution in [-0.4, -0.2) is 5.78 Å². The Balaban J connectivity index is 2.39. The molecule has 18 heavy (non-hydrogen) atoms. The predicted octanol–water partition coefficient (Wildman–Crippen LogP) is 3.78. The van der Waals surface area contributed by atoms with Gasteiger partial charge in [-0.15, -0.1) is 0 Å². The number of nitriles is 1. The lowest BCUT2D eigenvalue weighted by Gasteiger charge is -2.09. The van der Waals surface area contributed by atoms with Gasteiger partial charge in [-0.1, -0.05) is 48.5 Å². The SMILES string of the molecule is N#CC(C(=O)c1ccccc1I)c1ccccc1. The van der Waals surface area contributed by atoms with Crippen LogP contribution in [-0.2, 0) is 0 Å². The molecule has 0 radical (unpaired) electrons. The first kappa shape index (κ1) is 12.8. The molecule has 0 bridgehead atoms. The van der Waals surface area contributed by atoms with Crippen LogP contribution in [0, 0.1) is 14.9 Å². The smallest absolute Gasteiger partial charge is 0.185 e. The van der Waals surface area contributed by atoms with E-state index in [-0.39, 0.29) is 5.78 Å². The highest BCUT2D eigenvalue weighted by Gasteiger charge is 2.22. The first-order valence-electron chi connectivity index (χ1n) is 5.47. The van der Waals surface area contributed by atoms with Gasteiger partial charge in [0.15, 0.2) is 5.78 Å². The molecule has 1 atom stereocenters. The molecule has 0 saturated heterocycles. The van der Waals surface area contributed by atoms with Crippen molar-refractivity contribution in [3.05, 3.63) is 69.3 Å². The van der Waals surface area contributed by atoms with Crippen molar-refractivity contribution in [2.45, 2.75) is 5.92 Å². The molecule has 0 amide bonds. The van der Waals surface area contributed by atoms with Crippen LogP contribution in [0.2, 0.25) is 0 Å². The van der Waals surface area contributed by atoms with Crippen molar-refractivity contribution in [1.82, 2.24) is 0 Å². The Morgan fingerprint density at radius 3 is 2.28 bits per heavy atom. The standard InChI is InChI=1S/C15H10INO/c16-14-9-5-4-8-12(14)15(18)13(10-17)11-6-2-1-3-7-11/h1-9,13H. The van der Waals surface area contributed by atoms with Crippen molar-refractivity contribution in [2.75, 3.05) is 0 Å². The minimum absolute atomic E-state index is 0.145. The third kappa shape index (κ3) is 2.59. The molecule has 2 aromatic carbocycles. The van der Waals surface area contributed by atoms with Crippen molar-refractivity contribution >= 4 is 28.4 Å². The second kappa shape index (κ2) is 5.78. The summed E-state index contributed by atoms with van der Waals surface area (Å²) < 4.78 is 0.872. The van der Waals surface area contributed by atoms with Gasteiger partial charge in [0, 0.05) is 9.13 Å². The Hall–Kier alpha value is -1.67. The second-order valence-electron chi connectivity index (χ2n) is 3.82. The van der Waals surface area contributed by atoms with Crippen LogP contribution in [0.3, 0.4) is 0 Å². The summed E-state index contributed by atoms with van der Waals surface area (Å²) in [6.45, 7) is 0. The number of halogens is 1. The summed E-state index contributed by atoms with van der Waals surface area (Å²) >= 11 is 2.11. The number of ketones is 1. The quantitative estimate of drug-likeness (QED) is 0.626. The van der Waals surface area contributed by atoms with E-state index in [1.807, 2.05) is 48.5 Å². The van der Waals surface area contributed by atoms with E-state index in [9.17, 15) is 10.1 Å². The molecule has 2 rings (SSSR count). The molecule has 0 aliphatic rings. The van der Waals surface area contributed by atoms with Crippen LogP contribution in [0.25, 0.3) is 0 Å². The fraction of sp³-hybridized carbons (Fsp3) is 0.0667. The van der Waals surface area contributed by atoms with E-state index in [1.54, 1.807) is 6.07 Å². The number of benzene rings is 2. The van der Waals surface area contributed by atoms with E-state index in [2.05, 4.69) is 28.7 Å². The van der Waals surface area contributed by atoms with Gasteiger partial charge in [-0.3, -0.25) is 4.79 Å². The van der Waals surface area contributed by atoms with Crippen molar-refractivity contribution in [3.8, 4) is 6.07 Å². The first-order chi connectivity index (χ1) is 8.74. The molecule has 1 unspecified atom stereocenters. The summed E-state index contributed by atoms with van der Waals surface area (Å²) in [7, 11) is 0. The van der Waals surface area contributed by atoms with Crippen LogP contribution >= 0.6 is 22.6 Å². The summed E-state index contributed by atoms with van der Waals surface area (Å²) in [6, 6.07) is 18.6. The van der Waals surface area contributed by atoms with E-state index in [4.69, 9.17) is 0 Å². The minimum atomic E-state index is -0.734. The van der Waals surface area contributed by atoms with Crippen molar-refractivity contribution < 1.29 is 4.79 Å². The average Bonchev–Trinajstić information content (AvgIpc) is 2.41. The van der Waals surface area contributed by atoms with Crippen LogP contribution in [0.15, 0.2) is 54.6 Å². The number of nitrogens with zero attached hydrogens (tertiary/aromatic N) is 1. The van der Waals surface area contributed by atoms with Gasteiger partial charge in [0.2, 0.25) is 0 Å². The summed E-state index contributed by atoms with van der Waals surface area (Å²) in [5.41, 5.74) is 1.35. The zero-order valence-electron chi connectivity index (χ0n) is 9.51. The molecular formula is C15H10INO. The third-order valence-electron chi connectivity index (χ3n) is 2.66. The van der Waals surface area contributed by atoms with E-state index in [0.717, 1.165) is 9.13 Å². The molecule has 0 aliphatic carbocycles. The zero-order valence-corrected chi connectivity index (χ0v) is 11.7. The Morgan fingerprint density at radius 2 is 1.67 bits per heavy atom. The number of hydrogen-bond donors (Lipinski definition) is 0. The fourth-order valence-corrected chi connectivity index (χ4v) is 2.40. The van der Waals surface area contributed by atoms with Gasteiger partial charge in [-0.2, -0.15) is 5.26 Å². The number of rotatable bonds is 3. The molecular weight excluding hydrogens is 337 g/mol. The van der Waals surface area contributed by atoms with Crippen LogP contribution in [0.4, 0.5) is 0 Å². The summed E-state index contributed by atoms with van der Waals surface area (Å²) in [6.07, 6.45) is 0. The Labute approximate surface area is 119 Å². The number of Topliss-reactive ketones (excluding diaryl/α,β-unsaturated/α-hetero) is 1. The number of carbonyl (C=O) groups excluding carboxylic acids is 1. The monoisotopic (exact) mass is 347 g/mol. The minimum Gasteiger partial charge on any atom is -0.292 e. The summed E-state index contributed by atoms with van der Waals surface area (Å²) in [4.78, 5) is 12.4. The molecule has 0 fully saturated rings. The zero-order chi connectivity index (χ0) is 13.0. The van der Waals surface area contributed by atoms with Gasteiger partial charge < -0.3 is 0 Å². The highest BCUT2D eigenvalue weighted by molar-refractivity contribution is 14.1. The summed E-state index contributed by atoms with van der Waals surface area (Å²) in [5, 5.41) is 9.23. The second-order valence-corrected chi connectivity index (χ2v) is 4.98. The van der Waals surface area contributed by atoms with Gasteiger partial charge >= 0.3 is 0 Å². The van der Waals surface area contributed by atoms with Crippen LogP contribution in [0.5, 0.6) is 0 Å². The molecule has 0 aromatic heterocycles. The molecule has 2 nitrogen and oxygen atoms in total. The lowest BCUT2D eigenvalue weighted by molar-refractivity contribution is 0.0978. The first-order valence-corrected chi connectivity index (χ1v) is 6.55. The van der Waals surface area contributed by atoms with Gasteiger partial charge in [-0.25, -0.2) is 0 Å². The lowest BCUT2D eigenvalue weighted by atomic mass is 9.92. The Bertz CT molecular complexity index is 601. The molecule has 2 aromatic rings. The Kier molecular flexibility index (Phi) is 4.11. The van der Waals surface area contributed by atoms with Gasteiger partial charge in [0.25, 0.3) is 0 Å². The lowest BCUT2D eigenvalue weighted by Crippen LogP contribution is -2.12. The molecule has 0 N–H and O–H groups in total. The molecule has 0 aliphatic heterocycles. The molecule has 0 spiro atoms. The topological polar surface area (TPSA) is 40.9 Å². The highest BCUT2D eigenvalue weighted by atomic mass is 127. The van der Waals surface area contributed by atoms with Crippen molar-refractivity contribution in [1.29, 1.82) is 5.26 Å². The Morgan fingerprint density at radius 1 is 1.06 bits per heavy atom. The van der Waals surface area contributed by atoms with Crippen LogP contribution in [0.1, 0.15) is 21.8 Å². The molecule has 3 heteroatoms. The van der Waals surface area contributed by atoms with E-state index in [0.29, 0.717) is 5.56 Å². The molecule has 0 saturated carbocycles. The average molecular weight is 347 g/mol. The van der Waals surface area contributed by atoms with Gasteiger partial charge in [0.05, 0.1) is 6.07 Å². The van der Waals surface area contributed by atoms with Gasteiger partial charge in [0.1, 0.15) is 5.92 Å². The van der Waals surface area contributed by atoms with Crippen molar-refractivity contribution in [2.24, 2.45) is 0 Å². The maximum Gasteiger partial charge on any atom is 0.185 e. The third-order valence-corrected chi connectivity index (χ3v) is 3.60. The van der Waals surface area contributed by atoms with Gasteiger partial charge in [-0.05, 0) is 34.2 Å². The largest absolute Gasteiger partial charge is 0.292 e. The normalized spacial score (nSPS) is 11.6. The predicted molar refractivity (Wildman–Crippen MR) is 78.3 cm³/mol. The number of carbonyl (C=O) groups is 1. The van der Waals surface area contributed by atoms with E-state index >= 15 is 0 Å². The fourth-order valence-electron chi connectivity index (χ4n) is 1.75. The molecule has 88 valence electrons. The van der Waals surface area contributed by atoms with E-state index < -0.39 is 5.92 Å². The number of hydrogen-bond acceptors (Lipinski definition) is 2. The highest BCUT2D eigenvalue weighted by Crippen LogP contribution is 2.23.